The van der Waals surface area contributed by atoms with E-state index < -0.39 is 5.60 Å². The van der Waals surface area contributed by atoms with Crippen molar-refractivity contribution < 1.29 is 10.2 Å². The fourth-order valence-electron chi connectivity index (χ4n) is 4.14. The highest BCUT2D eigenvalue weighted by Crippen LogP contribution is 2.66. The van der Waals surface area contributed by atoms with Gasteiger partial charge in [0.15, 0.2) is 0 Å². The van der Waals surface area contributed by atoms with Gasteiger partial charge in [-0.15, -0.1) is 0 Å². The minimum absolute atomic E-state index is 0.293. The van der Waals surface area contributed by atoms with E-state index in [0.29, 0.717) is 0 Å². The molecule has 0 unspecified atom stereocenters. The number of hydrogen-bond donors (Lipinski definition) is 2. The van der Waals surface area contributed by atoms with E-state index in [0.717, 1.165) is 43.3 Å². The second kappa shape index (κ2) is 2.55. The molecule has 2 N–H and O–H groups in total. The maximum absolute atomic E-state index is 10.9. The molecular weight excluding hydrogens is 188 g/mol. The van der Waals surface area contributed by atoms with E-state index in [1.807, 2.05) is 6.92 Å². The van der Waals surface area contributed by atoms with Crippen LogP contribution < -0.4 is 0 Å². The third-order valence-electron chi connectivity index (χ3n) is 5.02. The molecule has 2 saturated carbocycles. The van der Waals surface area contributed by atoms with Gasteiger partial charge in [0.2, 0.25) is 0 Å². The summed E-state index contributed by atoms with van der Waals surface area (Å²) in [6, 6.07) is 0. The van der Waals surface area contributed by atoms with E-state index in [1.54, 1.807) is 0 Å². The summed E-state index contributed by atoms with van der Waals surface area (Å²) >= 11 is 0. The molecule has 0 amide bonds. The number of rotatable bonds is 0. The van der Waals surface area contributed by atoms with E-state index in [9.17, 15) is 10.2 Å². The second-order valence-electron chi connectivity index (χ2n) is 5.45. The highest BCUT2D eigenvalue weighted by molar-refractivity contribution is 5.48. The first kappa shape index (κ1) is 9.61. The Labute approximate surface area is 90.3 Å². The van der Waals surface area contributed by atoms with Crippen LogP contribution in [0.4, 0.5) is 0 Å². The lowest BCUT2D eigenvalue weighted by Crippen LogP contribution is -2.51. The Hall–Kier alpha value is -0.600. The minimum Gasteiger partial charge on any atom is -0.392 e. The highest BCUT2D eigenvalue weighted by Gasteiger charge is 2.66. The van der Waals surface area contributed by atoms with Crippen molar-refractivity contribution in [2.75, 3.05) is 0 Å². The Balaban J connectivity index is 2.27. The van der Waals surface area contributed by atoms with Crippen LogP contribution in [-0.4, -0.2) is 21.9 Å². The van der Waals surface area contributed by atoms with Crippen LogP contribution in [0.25, 0.3) is 0 Å². The summed E-state index contributed by atoms with van der Waals surface area (Å²) in [4.78, 5) is 0. The maximum Gasteiger partial charge on any atom is 0.115 e. The summed E-state index contributed by atoms with van der Waals surface area (Å²) in [6.45, 7) is 6.06. The Kier molecular flexibility index (Phi) is 1.64. The summed E-state index contributed by atoms with van der Waals surface area (Å²) in [5.74, 6) is 0. The fourth-order valence-corrected chi connectivity index (χ4v) is 4.14. The van der Waals surface area contributed by atoms with E-state index in [4.69, 9.17) is 0 Å². The molecule has 0 aromatic carbocycles. The molecule has 0 aromatic rings. The van der Waals surface area contributed by atoms with Gasteiger partial charge in [0, 0.05) is 5.41 Å². The molecule has 0 aliphatic heterocycles. The molecule has 82 valence electrons. The first-order chi connectivity index (χ1) is 7.02. The SMILES string of the molecule is C=C1CC[C@]23CCC(=C(C)C[C@H]2O)[C@@]13O. The van der Waals surface area contributed by atoms with Gasteiger partial charge in [0.1, 0.15) is 5.60 Å². The Morgan fingerprint density at radius 1 is 1.33 bits per heavy atom. The summed E-state index contributed by atoms with van der Waals surface area (Å²) in [5.41, 5.74) is 2.11. The maximum atomic E-state index is 10.9. The van der Waals surface area contributed by atoms with E-state index in [-0.39, 0.29) is 11.5 Å². The van der Waals surface area contributed by atoms with Crippen LogP contribution in [-0.2, 0) is 0 Å². The van der Waals surface area contributed by atoms with Crippen molar-refractivity contribution in [1.29, 1.82) is 0 Å². The van der Waals surface area contributed by atoms with Crippen molar-refractivity contribution in [2.45, 2.75) is 50.7 Å². The molecule has 0 spiro atoms. The average Bonchev–Trinajstić information content (AvgIpc) is 2.56. The van der Waals surface area contributed by atoms with Gasteiger partial charge in [-0.25, -0.2) is 0 Å². The largest absolute Gasteiger partial charge is 0.392 e. The second-order valence-corrected chi connectivity index (χ2v) is 5.45. The Bertz CT molecular complexity index is 382. The number of aliphatic hydroxyl groups excluding tert-OH is 1. The molecule has 0 aromatic heterocycles. The third-order valence-corrected chi connectivity index (χ3v) is 5.02. The highest BCUT2D eigenvalue weighted by atomic mass is 16.3. The molecule has 2 fully saturated rings. The van der Waals surface area contributed by atoms with Crippen LogP contribution in [0.5, 0.6) is 0 Å². The van der Waals surface area contributed by atoms with Crippen molar-refractivity contribution in [2.24, 2.45) is 5.41 Å². The molecule has 0 saturated heterocycles. The normalized spacial score (nSPS) is 48.7. The topological polar surface area (TPSA) is 40.5 Å². The van der Waals surface area contributed by atoms with Crippen molar-refractivity contribution in [1.82, 2.24) is 0 Å². The van der Waals surface area contributed by atoms with E-state index in [2.05, 4.69) is 6.58 Å². The Morgan fingerprint density at radius 2 is 2.00 bits per heavy atom. The lowest BCUT2D eigenvalue weighted by Gasteiger charge is -2.45. The van der Waals surface area contributed by atoms with Gasteiger partial charge in [-0.2, -0.15) is 0 Å². The van der Waals surface area contributed by atoms with Crippen LogP contribution in [0.3, 0.4) is 0 Å². The van der Waals surface area contributed by atoms with Gasteiger partial charge in [0.05, 0.1) is 6.10 Å². The molecule has 0 heterocycles. The van der Waals surface area contributed by atoms with Crippen molar-refractivity contribution >= 4 is 0 Å². The van der Waals surface area contributed by atoms with Gasteiger partial charge in [0.25, 0.3) is 0 Å². The van der Waals surface area contributed by atoms with Gasteiger partial charge in [-0.1, -0.05) is 12.2 Å². The molecule has 15 heavy (non-hydrogen) atoms. The monoisotopic (exact) mass is 206 g/mol. The van der Waals surface area contributed by atoms with Gasteiger partial charge in [-0.3, -0.25) is 0 Å². The molecule has 2 nitrogen and oxygen atoms in total. The standard InChI is InChI=1S/C13H18O2/c1-8-7-11(14)12-5-3-9(2)13(12,15)10(8)4-6-12/h11,14-15H,2-7H2,1H3/t11-,12+,13+/m1/s1. The average molecular weight is 206 g/mol. The summed E-state index contributed by atoms with van der Waals surface area (Å²) in [5, 5.41) is 21.2. The summed E-state index contributed by atoms with van der Waals surface area (Å²) < 4.78 is 0. The number of hydrogen-bond acceptors (Lipinski definition) is 2. The van der Waals surface area contributed by atoms with Crippen LogP contribution in [0.1, 0.15) is 39.0 Å². The zero-order valence-electron chi connectivity index (χ0n) is 9.21. The van der Waals surface area contributed by atoms with Crippen LogP contribution in [0.15, 0.2) is 23.3 Å². The van der Waals surface area contributed by atoms with Gasteiger partial charge in [-0.05, 0) is 50.2 Å². The number of aliphatic hydroxyl groups is 2. The summed E-state index contributed by atoms with van der Waals surface area (Å²) in [6.07, 6.45) is 4.00. The van der Waals surface area contributed by atoms with E-state index in [1.165, 1.54) is 5.57 Å². The molecule has 3 rings (SSSR count). The van der Waals surface area contributed by atoms with Crippen molar-refractivity contribution in [3.63, 3.8) is 0 Å². The smallest absolute Gasteiger partial charge is 0.115 e. The summed E-state index contributed by atoms with van der Waals surface area (Å²) in [7, 11) is 0. The zero-order valence-corrected chi connectivity index (χ0v) is 9.21. The van der Waals surface area contributed by atoms with Gasteiger partial charge >= 0.3 is 0 Å². The predicted octanol–water partition coefficient (Wildman–Crippen LogP) is 1.93. The molecule has 3 atom stereocenters. The first-order valence-corrected chi connectivity index (χ1v) is 5.80. The quantitative estimate of drug-likeness (QED) is 0.594. The van der Waals surface area contributed by atoms with Crippen molar-refractivity contribution in [3.8, 4) is 0 Å². The lowest BCUT2D eigenvalue weighted by atomic mass is 9.65. The van der Waals surface area contributed by atoms with Crippen LogP contribution in [0, 0.1) is 5.41 Å². The molecule has 2 heteroatoms. The van der Waals surface area contributed by atoms with Crippen LogP contribution in [0.2, 0.25) is 0 Å². The van der Waals surface area contributed by atoms with Gasteiger partial charge < -0.3 is 10.2 Å². The van der Waals surface area contributed by atoms with Crippen LogP contribution >= 0.6 is 0 Å². The molecule has 3 aliphatic carbocycles. The molecule has 3 aliphatic rings. The minimum atomic E-state index is -0.866. The van der Waals surface area contributed by atoms with E-state index >= 15 is 0 Å². The third kappa shape index (κ3) is 0.809. The first-order valence-electron chi connectivity index (χ1n) is 5.80. The molecule has 0 radical (unpaired) electrons. The van der Waals surface area contributed by atoms with Crippen molar-refractivity contribution in [3.05, 3.63) is 23.3 Å². The lowest BCUT2D eigenvalue weighted by molar-refractivity contribution is -0.0787. The molecule has 2 bridgehead atoms. The fraction of sp³-hybridized carbons (Fsp3) is 0.692. The Morgan fingerprint density at radius 3 is 2.73 bits per heavy atom. The zero-order chi connectivity index (χ0) is 10.8. The predicted molar refractivity (Wildman–Crippen MR) is 58.3 cm³/mol. The molecular formula is C13H18O2.